The van der Waals surface area contributed by atoms with Crippen molar-refractivity contribution in [3.63, 3.8) is 0 Å². The molecule has 0 aliphatic carbocycles. The minimum absolute atomic E-state index is 0.165. The van der Waals surface area contributed by atoms with Crippen LogP contribution in [-0.2, 0) is 14.4 Å². The van der Waals surface area contributed by atoms with Crippen molar-refractivity contribution in [2.75, 3.05) is 12.0 Å². The van der Waals surface area contributed by atoms with Crippen molar-refractivity contribution in [2.24, 2.45) is 11.7 Å². The first-order valence-corrected chi connectivity index (χ1v) is 8.66. The Labute approximate surface area is 135 Å². The molecule has 0 heterocycles. The van der Waals surface area contributed by atoms with Gasteiger partial charge in [-0.05, 0) is 37.7 Å². The van der Waals surface area contributed by atoms with Gasteiger partial charge in [-0.25, -0.2) is 4.79 Å². The van der Waals surface area contributed by atoms with Crippen LogP contribution in [0.2, 0.25) is 0 Å². The van der Waals surface area contributed by atoms with Crippen molar-refractivity contribution in [3.8, 4) is 0 Å². The number of aliphatic carboxylic acids is 1. The summed E-state index contributed by atoms with van der Waals surface area (Å²) in [6, 6.07) is -2.47. The van der Waals surface area contributed by atoms with E-state index >= 15 is 0 Å². The van der Waals surface area contributed by atoms with Gasteiger partial charge in [0, 0.05) is 0 Å². The van der Waals surface area contributed by atoms with Gasteiger partial charge in [0.05, 0.1) is 6.04 Å². The smallest absolute Gasteiger partial charge is 0.326 e. The van der Waals surface area contributed by atoms with Crippen LogP contribution in [0.15, 0.2) is 0 Å². The van der Waals surface area contributed by atoms with Crippen LogP contribution in [0.5, 0.6) is 0 Å². The fourth-order valence-electron chi connectivity index (χ4n) is 1.77. The number of nitrogens with two attached hydrogens (primary N) is 1. The minimum Gasteiger partial charge on any atom is -0.480 e. The molecule has 0 aliphatic rings. The summed E-state index contributed by atoms with van der Waals surface area (Å²) in [6.45, 7) is 5.36. The Balaban J connectivity index is 4.85. The molecule has 8 heteroatoms. The summed E-state index contributed by atoms with van der Waals surface area (Å²) in [5.41, 5.74) is 5.49. The highest BCUT2D eigenvalue weighted by molar-refractivity contribution is 7.98. The van der Waals surface area contributed by atoms with E-state index in [1.54, 1.807) is 0 Å². The van der Waals surface area contributed by atoms with Gasteiger partial charge in [-0.3, -0.25) is 9.59 Å². The van der Waals surface area contributed by atoms with Crippen molar-refractivity contribution < 1.29 is 19.5 Å². The van der Waals surface area contributed by atoms with E-state index in [2.05, 4.69) is 10.6 Å². The van der Waals surface area contributed by atoms with Gasteiger partial charge in [0.15, 0.2) is 0 Å². The summed E-state index contributed by atoms with van der Waals surface area (Å²) in [4.78, 5) is 35.2. The van der Waals surface area contributed by atoms with Crippen LogP contribution in [0.3, 0.4) is 0 Å². The molecule has 3 atom stereocenters. The van der Waals surface area contributed by atoms with E-state index in [1.165, 1.54) is 18.7 Å². The molecule has 3 unspecified atom stereocenters. The second-order valence-electron chi connectivity index (χ2n) is 5.66. The molecule has 0 aromatic rings. The molecule has 0 aromatic carbocycles. The molecule has 7 nitrogen and oxygen atoms in total. The summed E-state index contributed by atoms with van der Waals surface area (Å²) in [5, 5.41) is 14.2. The highest BCUT2D eigenvalue weighted by Crippen LogP contribution is 2.07. The van der Waals surface area contributed by atoms with Crippen LogP contribution in [0, 0.1) is 5.92 Å². The van der Waals surface area contributed by atoms with Crippen LogP contribution < -0.4 is 16.4 Å². The van der Waals surface area contributed by atoms with Gasteiger partial charge in [-0.2, -0.15) is 11.8 Å². The largest absolute Gasteiger partial charge is 0.480 e. The molecule has 0 fully saturated rings. The molecule has 0 saturated heterocycles. The first kappa shape index (κ1) is 20.7. The predicted octanol–water partition coefficient (Wildman–Crippen LogP) is 0.187. The fraction of sp³-hybridized carbons (Fsp3) is 0.786. The lowest BCUT2D eigenvalue weighted by atomic mass is 10.0. The first-order chi connectivity index (χ1) is 10.2. The number of carboxylic acid groups (broad SMARTS) is 1. The number of carbonyl (C=O) groups is 3. The lowest BCUT2D eigenvalue weighted by molar-refractivity contribution is -0.142. The summed E-state index contributed by atoms with van der Waals surface area (Å²) in [7, 11) is 0. The molecule has 0 aromatic heterocycles. The highest BCUT2D eigenvalue weighted by Gasteiger charge is 2.27. The standard InChI is InChI=1S/C14H27N3O4S/c1-8(2)7-11(17-12(18)9(3)15)13(19)16-10(14(20)21)5-6-22-4/h8-11H,5-7,15H2,1-4H3,(H,16,19)(H,17,18)(H,20,21). The molecule has 0 spiro atoms. The van der Waals surface area contributed by atoms with Crippen LogP contribution in [0.4, 0.5) is 0 Å². The first-order valence-electron chi connectivity index (χ1n) is 7.27. The van der Waals surface area contributed by atoms with E-state index in [0.29, 0.717) is 18.6 Å². The zero-order chi connectivity index (χ0) is 17.3. The maximum Gasteiger partial charge on any atom is 0.326 e. The summed E-state index contributed by atoms with van der Waals surface area (Å²) in [6.07, 6.45) is 2.61. The molecular weight excluding hydrogens is 306 g/mol. The Kier molecular flexibility index (Phi) is 9.84. The third kappa shape index (κ3) is 8.23. The monoisotopic (exact) mass is 333 g/mol. The zero-order valence-electron chi connectivity index (χ0n) is 13.6. The second kappa shape index (κ2) is 10.4. The maximum atomic E-state index is 12.3. The molecule has 2 amide bonds. The Hall–Kier alpha value is -1.28. The topological polar surface area (TPSA) is 122 Å². The summed E-state index contributed by atoms with van der Waals surface area (Å²) >= 11 is 1.51. The molecule has 22 heavy (non-hydrogen) atoms. The van der Waals surface area contributed by atoms with Crippen LogP contribution in [0.25, 0.3) is 0 Å². The Bertz CT molecular complexity index is 388. The third-order valence-electron chi connectivity index (χ3n) is 2.98. The van der Waals surface area contributed by atoms with Crippen LogP contribution in [-0.4, -0.2) is 53.0 Å². The van der Waals surface area contributed by atoms with E-state index in [-0.39, 0.29) is 5.92 Å². The maximum absolute atomic E-state index is 12.3. The van der Waals surface area contributed by atoms with E-state index in [1.807, 2.05) is 20.1 Å². The Morgan fingerprint density at radius 3 is 2.05 bits per heavy atom. The van der Waals surface area contributed by atoms with Gasteiger partial charge in [0.1, 0.15) is 12.1 Å². The zero-order valence-corrected chi connectivity index (χ0v) is 14.4. The predicted molar refractivity (Wildman–Crippen MR) is 87.6 cm³/mol. The molecule has 0 bridgehead atoms. The summed E-state index contributed by atoms with van der Waals surface area (Å²) in [5.74, 6) is -1.21. The third-order valence-corrected chi connectivity index (χ3v) is 3.62. The number of hydrogen-bond acceptors (Lipinski definition) is 5. The van der Waals surface area contributed by atoms with Crippen molar-refractivity contribution in [3.05, 3.63) is 0 Å². The highest BCUT2D eigenvalue weighted by atomic mass is 32.2. The van der Waals surface area contributed by atoms with Gasteiger partial charge in [0.2, 0.25) is 11.8 Å². The minimum atomic E-state index is -1.08. The van der Waals surface area contributed by atoms with Crippen molar-refractivity contribution in [1.29, 1.82) is 0 Å². The quantitative estimate of drug-likeness (QED) is 0.453. The number of rotatable bonds is 10. The fourth-order valence-corrected chi connectivity index (χ4v) is 2.24. The van der Waals surface area contributed by atoms with Gasteiger partial charge in [-0.15, -0.1) is 0 Å². The average Bonchev–Trinajstić information content (AvgIpc) is 2.41. The number of hydrogen-bond donors (Lipinski definition) is 4. The van der Waals surface area contributed by atoms with Crippen molar-refractivity contribution in [1.82, 2.24) is 10.6 Å². The number of carbonyl (C=O) groups excluding carboxylic acids is 2. The van der Waals surface area contributed by atoms with E-state index in [0.717, 1.165) is 0 Å². The van der Waals surface area contributed by atoms with Gasteiger partial charge in [0.25, 0.3) is 0 Å². The molecule has 0 rings (SSSR count). The lowest BCUT2D eigenvalue weighted by Crippen LogP contribution is -2.54. The van der Waals surface area contributed by atoms with Gasteiger partial charge < -0.3 is 21.5 Å². The van der Waals surface area contributed by atoms with Gasteiger partial charge in [-0.1, -0.05) is 13.8 Å². The number of amides is 2. The molecule has 0 aliphatic heterocycles. The SMILES string of the molecule is CSCCC(NC(=O)C(CC(C)C)NC(=O)C(C)N)C(=O)O. The van der Waals surface area contributed by atoms with Crippen LogP contribution >= 0.6 is 11.8 Å². The lowest BCUT2D eigenvalue weighted by Gasteiger charge is -2.23. The molecule has 0 radical (unpaired) electrons. The number of nitrogens with one attached hydrogen (secondary N) is 2. The number of thioether (sulfide) groups is 1. The Morgan fingerprint density at radius 1 is 1.09 bits per heavy atom. The Morgan fingerprint density at radius 2 is 1.64 bits per heavy atom. The second-order valence-corrected chi connectivity index (χ2v) is 6.65. The normalized spacial score (nSPS) is 15.0. The molecular formula is C14H27N3O4S. The van der Waals surface area contributed by atoms with E-state index < -0.39 is 35.9 Å². The van der Waals surface area contributed by atoms with Crippen LogP contribution in [0.1, 0.15) is 33.6 Å². The van der Waals surface area contributed by atoms with Crippen molar-refractivity contribution >= 4 is 29.5 Å². The summed E-state index contributed by atoms with van der Waals surface area (Å²) < 4.78 is 0. The van der Waals surface area contributed by atoms with E-state index in [4.69, 9.17) is 10.8 Å². The average molecular weight is 333 g/mol. The number of carboxylic acids is 1. The van der Waals surface area contributed by atoms with Gasteiger partial charge >= 0.3 is 5.97 Å². The molecule has 128 valence electrons. The molecule has 5 N–H and O–H groups in total. The molecule has 0 saturated carbocycles. The van der Waals surface area contributed by atoms with Crippen molar-refractivity contribution in [2.45, 2.75) is 51.7 Å². The van der Waals surface area contributed by atoms with E-state index in [9.17, 15) is 14.4 Å².